The fraction of sp³-hybridized carbons (Fsp3) is 0.182. The van der Waals surface area contributed by atoms with Crippen molar-refractivity contribution in [2.45, 2.75) is 13.3 Å². The van der Waals surface area contributed by atoms with E-state index in [9.17, 15) is 9.59 Å². The highest BCUT2D eigenvalue weighted by Crippen LogP contribution is 2.11. The minimum atomic E-state index is -1.07. The first-order chi connectivity index (χ1) is 8.04. The molecule has 3 N–H and O–H groups in total. The van der Waals surface area contributed by atoms with Crippen molar-refractivity contribution in [2.24, 2.45) is 10.8 Å². The molecule has 0 unspecified atom stereocenters. The molecule has 0 fully saturated rings. The molecule has 1 aromatic rings. The minimum Gasteiger partial charge on any atom is -0.361 e. The Balaban J connectivity index is 2.84. The van der Waals surface area contributed by atoms with Gasteiger partial charge in [0, 0.05) is 5.02 Å². The molecule has 17 heavy (non-hydrogen) atoms. The van der Waals surface area contributed by atoms with Gasteiger partial charge >= 0.3 is 11.8 Å². The van der Waals surface area contributed by atoms with Crippen molar-refractivity contribution in [1.82, 2.24) is 5.43 Å². The second-order valence-electron chi connectivity index (χ2n) is 3.22. The highest BCUT2D eigenvalue weighted by atomic mass is 35.5. The number of nitrogens with two attached hydrogens (primary N) is 1. The third-order valence-electron chi connectivity index (χ3n) is 2.03. The van der Waals surface area contributed by atoms with Gasteiger partial charge < -0.3 is 5.73 Å². The van der Waals surface area contributed by atoms with Gasteiger partial charge in [-0.1, -0.05) is 30.7 Å². The largest absolute Gasteiger partial charge is 0.361 e. The first-order valence-corrected chi connectivity index (χ1v) is 5.34. The van der Waals surface area contributed by atoms with E-state index in [0.717, 1.165) is 5.56 Å². The molecule has 0 saturated heterocycles. The fourth-order valence-corrected chi connectivity index (χ4v) is 1.29. The van der Waals surface area contributed by atoms with Crippen molar-refractivity contribution in [1.29, 1.82) is 0 Å². The highest BCUT2D eigenvalue weighted by molar-refractivity contribution is 6.34. The maximum atomic E-state index is 10.9. The Morgan fingerprint density at radius 2 is 1.94 bits per heavy atom. The summed E-state index contributed by atoms with van der Waals surface area (Å²) in [5, 5.41) is 4.45. The minimum absolute atomic E-state index is 0.598. The number of hydrogen-bond acceptors (Lipinski definition) is 3. The lowest BCUT2D eigenvalue weighted by Gasteiger charge is -2.04. The van der Waals surface area contributed by atoms with Crippen molar-refractivity contribution < 1.29 is 9.59 Å². The summed E-state index contributed by atoms with van der Waals surface area (Å²) in [4.78, 5) is 21.4. The second kappa shape index (κ2) is 6.00. The van der Waals surface area contributed by atoms with Gasteiger partial charge in [0.2, 0.25) is 0 Å². The van der Waals surface area contributed by atoms with Gasteiger partial charge in [-0.25, -0.2) is 5.43 Å². The molecular formula is C11H12ClN3O2. The predicted octanol–water partition coefficient (Wildman–Crippen LogP) is 1.06. The zero-order valence-electron chi connectivity index (χ0n) is 9.24. The zero-order valence-corrected chi connectivity index (χ0v) is 9.99. The summed E-state index contributed by atoms with van der Waals surface area (Å²) in [7, 11) is 0. The first-order valence-electron chi connectivity index (χ1n) is 4.97. The van der Waals surface area contributed by atoms with Gasteiger partial charge in [-0.05, 0) is 24.1 Å². The van der Waals surface area contributed by atoms with Crippen LogP contribution in [0, 0.1) is 0 Å². The monoisotopic (exact) mass is 253 g/mol. The Bertz CT molecular complexity index is 454. The smallest absolute Gasteiger partial charge is 0.329 e. The summed E-state index contributed by atoms with van der Waals surface area (Å²) >= 11 is 5.76. The number of benzene rings is 1. The molecule has 0 aliphatic carbocycles. The van der Waals surface area contributed by atoms with Gasteiger partial charge in [0.1, 0.15) is 0 Å². The third-order valence-corrected chi connectivity index (χ3v) is 2.28. The van der Waals surface area contributed by atoms with E-state index >= 15 is 0 Å². The predicted molar refractivity (Wildman–Crippen MR) is 65.6 cm³/mol. The number of amides is 2. The van der Waals surface area contributed by atoms with Crippen LogP contribution >= 0.6 is 11.6 Å². The van der Waals surface area contributed by atoms with Crippen molar-refractivity contribution in [3.8, 4) is 0 Å². The number of hydrazone groups is 1. The molecule has 1 aromatic carbocycles. The summed E-state index contributed by atoms with van der Waals surface area (Å²) in [5.41, 5.74) is 8.33. The molecule has 0 heterocycles. The van der Waals surface area contributed by atoms with Crippen LogP contribution in [0.25, 0.3) is 0 Å². The Morgan fingerprint density at radius 3 is 2.41 bits per heavy atom. The van der Waals surface area contributed by atoms with Gasteiger partial charge in [-0.15, -0.1) is 0 Å². The van der Waals surface area contributed by atoms with Gasteiger partial charge in [0.15, 0.2) is 0 Å². The van der Waals surface area contributed by atoms with E-state index in [0.29, 0.717) is 17.2 Å². The Labute approximate surface area is 104 Å². The standard InChI is InChI=1S/C11H12ClN3O2/c1-2-9(14-15-11(17)10(13)16)7-3-5-8(12)6-4-7/h3-6H,2H2,1H3,(H2,13,16)(H,15,17). The summed E-state index contributed by atoms with van der Waals surface area (Å²) < 4.78 is 0. The van der Waals surface area contributed by atoms with E-state index in [1.54, 1.807) is 24.3 Å². The van der Waals surface area contributed by atoms with Crippen molar-refractivity contribution >= 4 is 29.1 Å². The number of nitrogens with one attached hydrogen (secondary N) is 1. The first kappa shape index (κ1) is 13.2. The van der Waals surface area contributed by atoms with E-state index in [4.69, 9.17) is 17.3 Å². The molecule has 6 heteroatoms. The molecule has 5 nitrogen and oxygen atoms in total. The second-order valence-corrected chi connectivity index (χ2v) is 3.66. The molecule has 0 aliphatic rings. The van der Waals surface area contributed by atoms with E-state index in [1.807, 2.05) is 6.92 Å². The lowest BCUT2D eigenvalue weighted by molar-refractivity contribution is -0.137. The van der Waals surface area contributed by atoms with Crippen LogP contribution in [0.5, 0.6) is 0 Å². The highest BCUT2D eigenvalue weighted by Gasteiger charge is 2.08. The number of halogens is 1. The van der Waals surface area contributed by atoms with Crippen LogP contribution in [0.2, 0.25) is 5.02 Å². The van der Waals surface area contributed by atoms with Crippen LogP contribution in [0.3, 0.4) is 0 Å². The SMILES string of the molecule is CCC(=NNC(=O)C(N)=O)c1ccc(Cl)cc1. The van der Waals surface area contributed by atoms with Crippen LogP contribution in [0.15, 0.2) is 29.4 Å². The Kier molecular flexibility index (Phi) is 4.66. The van der Waals surface area contributed by atoms with Crippen LogP contribution in [0.4, 0.5) is 0 Å². The summed E-state index contributed by atoms with van der Waals surface area (Å²) in [6.07, 6.45) is 0.598. The number of carbonyl (C=O) groups excluding carboxylic acids is 2. The summed E-state index contributed by atoms with van der Waals surface area (Å²) in [5.74, 6) is -2.01. The van der Waals surface area contributed by atoms with Gasteiger partial charge in [-0.3, -0.25) is 9.59 Å². The molecule has 0 atom stereocenters. The third kappa shape index (κ3) is 3.88. The maximum absolute atomic E-state index is 10.9. The van der Waals surface area contributed by atoms with Crippen LogP contribution in [-0.2, 0) is 9.59 Å². The Hall–Kier alpha value is -1.88. The normalized spacial score (nSPS) is 11.1. The topological polar surface area (TPSA) is 84.6 Å². The zero-order chi connectivity index (χ0) is 12.8. The van der Waals surface area contributed by atoms with E-state index in [2.05, 4.69) is 10.5 Å². The van der Waals surface area contributed by atoms with Crippen molar-refractivity contribution in [3.63, 3.8) is 0 Å². The average molecular weight is 254 g/mol. The molecular weight excluding hydrogens is 242 g/mol. The van der Waals surface area contributed by atoms with Crippen molar-refractivity contribution in [2.75, 3.05) is 0 Å². The quantitative estimate of drug-likeness (QED) is 0.479. The maximum Gasteiger partial charge on any atom is 0.329 e. The van der Waals surface area contributed by atoms with Gasteiger partial charge in [0.25, 0.3) is 0 Å². The van der Waals surface area contributed by atoms with E-state index in [-0.39, 0.29) is 0 Å². The molecule has 0 saturated carbocycles. The van der Waals surface area contributed by atoms with Crippen molar-refractivity contribution in [3.05, 3.63) is 34.9 Å². The number of nitrogens with zero attached hydrogens (tertiary/aromatic N) is 1. The summed E-state index contributed by atoms with van der Waals surface area (Å²) in [6, 6.07) is 7.00. The lowest BCUT2D eigenvalue weighted by Crippen LogP contribution is -2.33. The molecule has 2 amide bonds. The number of primary amides is 1. The molecule has 0 radical (unpaired) electrons. The molecule has 0 spiro atoms. The van der Waals surface area contributed by atoms with E-state index < -0.39 is 11.8 Å². The van der Waals surface area contributed by atoms with Crippen LogP contribution in [0.1, 0.15) is 18.9 Å². The Morgan fingerprint density at radius 1 is 1.35 bits per heavy atom. The molecule has 0 bridgehead atoms. The lowest BCUT2D eigenvalue weighted by atomic mass is 10.1. The van der Waals surface area contributed by atoms with Gasteiger partial charge in [-0.2, -0.15) is 5.10 Å². The van der Waals surface area contributed by atoms with Gasteiger partial charge in [0.05, 0.1) is 5.71 Å². The number of hydrogen-bond donors (Lipinski definition) is 2. The summed E-state index contributed by atoms with van der Waals surface area (Å²) in [6.45, 7) is 1.88. The van der Waals surface area contributed by atoms with E-state index in [1.165, 1.54) is 0 Å². The fourth-order valence-electron chi connectivity index (χ4n) is 1.16. The molecule has 1 rings (SSSR count). The molecule has 90 valence electrons. The van der Waals surface area contributed by atoms with Crippen LogP contribution in [-0.4, -0.2) is 17.5 Å². The number of rotatable bonds is 3. The molecule has 0 aliphatic heterocycles. The number of carbonyl (C=O) groups is 2. The van der Waals surface area contributed by atoms with Crippen LogP contribution < -0.4 is 11.2 Å². The average Bonchev–Trinajstić information content (AvgIpc) is 2.31. The molecule has 0 aromatic heterocycles.